The average Bonchev–Trinajstić information content (AvgIpc) is 3.16. The van der Waals surface area contributed by atoms with E-state index >= 15 is 0 Å². The summed E-state index contributed by atoms with van der Waals surface area (Å²) in [6.45, 7) is 0. The van der Waals surface area contributed by atoms with Crippen molar-refractivity contribution >= 4 is 24.2 Å². The molecule has 1 aliphatic rings. The van der Waals surface area contributed by atoms with Crippen molar-refractivity contribution in [1.82, 2.24) is 0 Å². The molecule has 4 rings (SSSR count). The minimum atomic E-state index is -0.408. The summed E-state index contributed by atoms with van der Waals surface area (Å²) >= 11 is 0. The molecule has 1 nitrogen and oxygen atoms in total. The highest BCUT2D eigenvalue weighted by molar-refractivity contribution is 7.73. The minimum absolute atomic E-state index is 0.287. The molecule has 0 fully saturated rings. The summed E-state index contributed by atoms with van der Waals surface area (Å²) in [6.07, 6.45) is 7.97. The fourth-order valence-corrected chi connectivity index (χ4v) is 5.72. The first-order valence-electron chi connectivity index (χ1n) is 8.92. The third-order valence-corrected chi connectivity index (χ3v) is 7.27. The third-order valence-electron chi connectivity index (χ3n) is 4.74. The van der Waals surface area contributed by atoms with E-state index in [0.717, 1.165) is 11.8 Å². The van der Waals surface area contributed by atoms with Gasteiger partial charge in [0.2, 0.25) is 0 Å². The molecule has 0 saturated carbocycles. The van der Waals surface area contributed by atoms with E-state index in [1.807, 2.05) is 12.1 Å². The molecule has 0 amide bonds. The zero-order valence-electron chi connectivity index (χ0n) is 14.6. The van der Waals surface area contributed by atoms with Crippen LogP contribution in [-0.2, 0) is 0 Å². The summed E-state index contributed by atoms with van der Waals surface area (Å²) in [6, 6.07) is 29.9. The van der Waals surface area contributed by atoms with Gasteiger partial charge in [-0.1, -0.05) is 97.1 Å². The Morgan fingerprint density at radius 1 is 0.731 bits per heavy atom. The molecular weight excluding hydrogens is 333 g/mol. The van der Waals surface area contributed by atoms with E-state index in [9.17, 15) is 0 Å². The molecule has 26 heavy (non-hydrogen) atoms. The van der Waals surface area contributed by atoms with E-state index in [0.29, 0.717) is 0 Å². The van der Waals surface area contributed by atoms with Crippen LogP contribution in [0.1, 0.15) is 11.5 Å². The van der Waals surface area contributed by atoms with Gasteiger partial charge < -0.3 is 5.73 Å². The number of hydrogen-bond acceptors (Lipinski definition) is 1. The number of nitrogens with two attached hydrogens (primary N) is 1. The van der Waals surface area contributed by atoms with E-state index in [-0.39, 0.29) is 5.92 Å². The molecule has 0 saturated heterocycles. The molecule has 0 spiro atoms. The maximum atomic E-state index is 6.17. The van der Waals surface area contributed by atoms with Crippen LogP contribution in [0.3, 0.4) is 0 Å². The molecule has 2 N–H and O–H groups in total. The second kappa shape index (κ2) is 7.72. The molecule has 1 atom stereocenters. The van der Waals surface area contributed by atoms with Gasteiger partial charge in [-0.25, -0.2) is 0 Å². The van der Waals surface area contributed by atoms with Crippen LogP contribution in [-0.4, -0.2) is 6.16 Å². The predicted molar refractivity (Wildman–Crippen MR) is 115 cm³/mol. The lowest BCUT2D eigenvalue weighted by atomic mass is 9.99. The summed E-state index contributed by atoms with van der Waals surface area (Å²) in [5.74, 6) is 0.287. The van der Waals surface area contributed by atoms with Crippen LogP contribution in [0, 0.1) is 0 Å². The molecule has 0 aliphatic heterocycles. The van der Waals surface area contributed by atoms with Gasteiger partial charge in [-0.05, 0) is 35.7 Å². The largest absolute Gasteiger partial charge is 0.398 e. The van der Waals surface area contributed by atoms with E-state index in [4.69, 9.17) is 5.73 Å². The van der Waals surface area contributed by atoms with Gasteiger partial charge in [0.05, 0.1) is 0 Å². The maximum Gasteiger partial charge on any atom is 0.0355 e. The van der Waals surface area contributed by atoms with Gasteiger partial charge >= 0.3 is 0 Å². The fourth-order valence-electron chi connectivity index (χ4n) is 3.41. The molecule has 2 heteroatoms. The highest BCUT2D eigenvalue weighted by atomic mass is 31.1. The van der Waals surface area contributed by atoms with Gasteiger partial charge in [0.1, 0.15) is 0 Å². The van der Waals surface area contributed by atoms with Crippen LogP contribution >= 0.6 is 7.92 Å². The fraction of sp³-hybridized carbons (Fsp3) is 0.0833. The van der Waals surface area contributed by atoms with E-state index in [2.05, 4.69) is 91.0 Å². The van der Waals surface area contributed by atoms with Gasteiger partial charge in [0.15, 0.2) is 0 Å². The van der Waals surface area contributed by atoms with E-state index in [1.165, 1.54) is 21.7 Å². The number of anilines is 1. The Labute approximate surface area is 156 Å². The highest BCUT2D eigenvalue weighted by Gasteiger charge is 2.19. The van der Waals surface area contributed by atoms with Crippen molar-refractivity contribution in [2.45, 2.75) is 5.92 Å². The first-order chi connectivity index (χ1) is 12.8. The Hall–Kier alpha value is -2.63. The molecule has 1 unspecified atom stereocenters. The van der Waals surface area contributed by atoms with Crippen molar-refractivity contribution in [3.8, 4) is 0 Å². The second-order valence-corrected chi connectivity index (χ2v) is 8.72. The molecule has 3 aromatic rings. The molecule has 0 heterocycles. The second-order valence-electron chi connectivity index (χ2n) is 6.51. The lowest BCUT2D eigenvalue weighted by Gasteiger charge is -2.19. The van der Waals surface area contributed by atoms with Crippen LogP contribution in [0.25, 0.3) is 0 Å². The number of hydrogen-bond donors (Lipinski definition) is 1. The average molecular weight is 355 g/mol. The van der Waals surface area contributed by atoms with E-state index in [1.54, 1.807) is 0 Å². The lowest BCUT2D eigenvalue weighted by molar-refractivity contribution is 1.10. The van der Waals surface area contributed by atoms with Crippen molar-refractivity contribution < 1.29 is 0 Å². The maximum absolute atomic E-state index is 6.17. The van der Waals surface area contributed by atoms with Crippen molar-refractivity contribution in [2.24, 2.45) is 0 Å². The van der Waals surface area contributed by atoms with Gasteiger partial charge in [0.25, 0.3) is 0 Å². The van der Waals surface area contributed by atoms with Crippen LogP contribution in [0.5, 0.6) is 0 Å². The lowest BCUT2D eigenvalue weighted by Crippen LogP contribution is -2.14. The van der Waals surface area contributed by atoms with Crippen LogP contribution < -0.4 is 16.3 Å². The molecular formula is C24H22NP. The summed E-state index contributed by atoms with van der Waals surface area (Å²) in [5.41, 5.74) is 9.64. The Kier molecular flexibility index (Phi) is 5.00. The quantitative estimate of drug-likeness (QED) is 0.507. The molecule has 0 bridgehead atoms. The first kappa shape index (κ1) is 16.8. The van der Waals surface area contributed by atoms with Gasteiger partial charge in [-0.2, -0.15) is 0 Å². The highest BCUT2D eigenvalue weighted by Crippen LogP contribution is 2.39. The topological polar surface area (TPSA) is 26.0 Å². The minimum Gasteiger partial charge on any atom is -0.398 e. The Morgan fingerprint density at radius 3 is 1.92 bits per heavy atom. The Balaban J connectivity index is 1.62. The molecule has 1 aliphatic carbocycles. The number of para-hydroxylation sites is 1. The zero-order chi connectivity index (χ0) is 17.8. The summed E-state index contributed by atoms with van der Waals surface area (Å²) in [4.78, 5) is 0. The molecule has 0 radical (unpaired) electrons. The summed E-state index contributed by atoms with van der Waals surface area (Å²) < 4.78 is 0. The van der Waals surface area contributed by atoms with Crippen LogP contribution in [0.15, 0.2) is 109 Å². The predicted octanol–water partition coefficient (Wildman–Crippen LogP) is 4.98. The molecule has 0 aromatic heterocycles. The Morgan fingerprint density at radius 2 is 1.31 bits per heavy atom. The number of nitrogen functional groups attached to an aromatic ring is 1. The van der Waals surface area contributed by atoms with E-state index < -0.39 is 7.92 Å². The normalized spacial score (nSPS) is 16.0. The Bertz CT molecular complexity index is 889. The van der Waals surface area contributed by atoms with Crippen molar-refractivity contribution in [2.75, 3.05) is 11.9 Å². The monoisotopic (exact) mass is 355 g/mol. The standard InChI is InChI=1S/C24H22NP/c25-24-14-8-7-13-23(24)20-16-15-19(17-20)18-26(21-9-3-1-4-10-21)22-11-5-2-6-12-22/h1-17,20H,18,25H2. The summed E-state index contributed by atoms with van der Waals surface area (Å²) in [5, 5.41) is 2.84. The van der Waals surface area contributed by atoms with Gasteiger partial charge in [-0.3, -0.25) is 0 Å². The first-order valence-corrected chi connectivity index (χ1v) is 10.4. The number of benzene rings is 3. The van der Waals surface area contributed by atoms with Gasteiger partial charge in [0, 0.05) is 17.8 Å². The van der Waals surface area contributed by atoms with Gasteiger partial charge in [-0.15, -0.1) is 0 Å². The smallest absolute Gasteiger partial charge is 0.0355 e. The van der Waals surface area contributed by atoms with Crippen LogP contribution in [0.4, 0.5) is 5.69 Å². The van der Waals surface area contributed by atoms with Crippen molar-refractivity contribution in [3.63, 3.8) is 0 Å². The van der Waals surface area contributed by atoms with Crippen LogP contribution in [0.2, 0.25) is 0 Å². The molecule has 128 valence electrons. The van der Waals surface area contributed by atoms with Crippen molar-refractivity contribution in [3.05, 3.63) is 114 Å². The number of rotatable bonds is 5. The zero-order valence-corrected chi connectivity index (χ0v) is 15.5. The van der Waals surface area contributed by atoms with Crippen molar-refractivity contribution in [1.29, 1.82) is 0 Å². The summed E-state index contributed by atoms with van der Waals surface area (Å²) in [7, 11) is -0.408. The number of allylic oxidation sites excluding steroid dienone is 4. The molecule has 3 aromatic carbocycles. The third kappa shape index (κ3) is 3.64. The SMILES string of the molecule is Nc1ccccc1C1C=CC(CP(c2ccccc2)c2ccccc2)=C1.